The normalized spacial score (nSPS) is 12.8. The number of methoxy groups -OCH3 is 1. The van der Waals surface area contributed by atoms with Gasteiger partial charge in [-0.3, -0.25) is 4.40 Å². The molecule has 7 heteroatoms. The quantitative estimate of drug-likeness (QED) is 0.731. The molecule has 20 heavy (non-hydrogen) atoms. The van der Waals surface area contributed by atoms with Crippen LogP contribution in [-0.4, -0.2) is 29.7 Å². The molecule has 0 saturated carbocycles. The van der Waals surface area contributed by atoms with Gasteiger partial charge in [0.25, 0.3) is 0 Å². The van der Waals surface area contributed by atoms with Crippen molar-refractivity contribution in [2.24, 2.45) is 0 Å². The number of hydrogen-bond donors (Lipinski definition) is 0. The van der Waals surface area contributed by atoms with Crippen LogP contribution in [-0.2, 0) is 9.84 Å². The van der Waals surface area contributed by atoms with E-state index in [0.717, 1.165) is 3.70 Å². The van der Waals surface area contributed by atoms with E-state index in [9.17, 15) is 8.42 Å². The molecule has 0 amide bonds. The summed E-state index contributed by atoms with van der Waals surface area (Å²) >= 11 is 2.12. The molecule has 0 aliphatic carbocycles. The third-order valence-electron chi connectivity index (χ3n) is 3.62. The van der Waals surface area contributed by atoms with E-state index >= 15 is 0 Å². The third kappa shape index (κ3) is 2.30. The monoisotopic (exact) mass is 408 g/mol. The molecule has 0 radical (unpaired) electrons. The maximum Gasteiger partial charge on any atom is 0.188 e. The first-order valence-corrected chi connectivity index (χ1v) is 8.76. The Morgan fingerprint density at radius 3 is 2.65 bits per heavy atom. The van der Waals surface area contributed by atoms with E-state index in [1.54, 1.807) is 36.7 Å². The molecule has 110 valence electrons. The van der Waals surface area contributed by atoms with Gasteiger partial charge in [-0.1, -0.05) is 6.92 Å². The largest absolute Gasteiger partial charge is 0.495 e. The van der Waals surface area contributed by atoms with Crippen molar-refractivity contribution in [1.82, 2.24) is 9.38 Å². The van der Waals surface area contributed by atoms with Crippen molar-refractivity contribution in [2.45, 2.75) is 36.8 Å². The average molecular weight is 408 g/mol. The summed E-state index contributed by atoms with van der Waals surface area (Å²) in [6.07, 6.45) is 3.81. The molecule has 5 nitrogen and oxygen atoms in total. The van der Waals surface area contributed by atoms with Crippen LogP contribution in [0.15, 0.2) is 23.4 Å². The summed E-state index contributed by atoms with van der Waals surface area (Å²) in [5.41, 5.74) is 0.666. The molecule has 2 rings (SSSR count). The second-order valence-corrected chi connectivity index (χ2v) is 8.79. The molecule has 2 heterocycles. The summed E-state index contributed by atoms with van der Waals surface area (Å²) in [4.78, 5) is 4.42. The van der Waals surface area contributed by atoms with Crippen LogP contribution in [0.4, 0.5) is 0 Å². The van der Waals surface area contributed by atoms with E-state index in [0.29, 0.717) is 17.8 Å². The molecule has 0 aromatic carbocycles. The highest BCUT2D eigenvalue weighted by Crippen LogP contribution is 2.34. The molecule has 0 spiro atoms. The topological polar surface area (TPSA) is 60.7 Å². The van der Waals surface area contributed by atoms with Gasteiger partial charge in [0.05, 0.1) is 18.1 Å². The highest BCUT2D eigenvalue weighted by molar-refractivity contribution is 14.1. The maximum absolute atomic E-state index is 12.8. The van der Waals surface area contributed by atoms with Crippen molar-refractivity contribution in [2.75, 3.05) is 7.11 Å². The Kier molecular flexibility index (Phi) is 4.03. The molecule has 0 aliphatic heterocycles. The van der Waals surface area contributed by atoms with Crippen LogP contribution in [0.3, 0.4) is 0 Å². The number of sulfone groups is 1. The fraction of sp³-hybridized carbons (Fsp3) is 0.462. The number of aromatic nitrogens is 2. The van der Waals surface area contributed by atoms with Crippen LogP contribution in [0.1, 0.15) is 27.2 Å². The van der Waals surface area contributed by atoms with E-state index in [1.165, 1.54) is 7.11 Å². The molecular formula is C13H17IN2O3S. The molecule has 0 bridgehead atoms. The summed E-state index contributed by atoms with van der Waals surface area (Å²) in [7, 11) is -2.02. The zero-order valence-corrected chi connectivity index (χ0v) is 14.8. The summed E-state index contributed by atoms with van der Waals surface area (Å²) in [6.45, 7) is 5.32. The van der Waals surface area contributed by atoms with Crippen LogP contribution in [0.2, 0.25) is 0 Å². The van der Waals surface area contributed by atoms with Gasteiger partial charge in [-0.25, -0.2) is 13.4 Å². The molecule has 2 aromatic rings. The Hall–Kier alpha value is -0.830. The highest BCUT2D eigenvalue weighted by atomic mass is 127. The standard InChI is InChI=1S/C13H17IN2O3S/c1-5-13(2,3)20(17,18)10-8-16-11(14)7-15-12(16)6-9(10)19-4/h6-8H,5H2,1-4H3. The molecule has 2 aromatic heterocycles. The predicted molar refractivity (Wildman–Crippen MR) is 86.0 cm³/mol. The van der Waals surface area contributed by atoms with E-state index in [1.807, 2.05) is 6.92 Å². The van der Waals surface area contributed by atoms with Crippen LogP contribution < -0.4 is 4.74 Å². The van der Waals surface area contributed by atoms with Gasteiger partial charge >= 0.3 is 0 Å². The second kappa shape index (κ2) is 5.18. The smallest absolute Gasteiger partial charge is 0.188 e. The van der Waals surface area contributed by atoms with Gasteiger partial charge in [-0.05, 0) is 42.9 Å². The van der Waals surface area contributed by atoms with E-state index in [2.05, 4.69) is 27.6 Å². The van der Waals surface area contributed by atoms with Gasteiger partial charge in [-0.2, -0.15) is 0 Å². The number of nitrogens with zero attached hydrogens (tertiary/aromatic N) is 2. The molecule has 0 N–H and O–H groups in total. The maximum atomic E-state index is 12.8. The predicted octanol–water partition coefficient (Wildman–Crippen LogP) is 2.91. The van der Waals surface area contributed by atoms with E-state index < -0.39 is 14.6 Å². The number of ether oxygens (including phenoxy) is 1. The van der Waals surface area contributed by atoms with Crippen LogP contribution in [0, 0.1) is 3.70 Å². The Balaban J connectivity index is 2.79. The Bertz CT molecular complexity index is 750. The third-order valence-corrected chi connectivity index (χ3v) is 7.05. The zero-order chi connectivity index (χ0) is 15.1. The van der Waals surface area contributed by atoms with Crippen LogP contribution in [0.5, 0.6) is 5.75 Å². The molecule has 0 fully saturated rings. The number of halogens is 1. The lowest BCUT2D eigenvalue weighted by molar-refractivity contribution is 0.400. The first-order chi connectivity index (χ1) is 9.24. The number of imidazole rings is 1. The van der Waals surface area contributed by atoms with Crippen molar-refractivity contribution in [3.05, 3.63) is 22.2 Å². The van der Waals surface area contributed by atoms with Crippen molar-refractivity contribution in [3.63, 3.8) is 0 Å². The Labute approximate surface area is 132 Å². The van der Waals surface area contributed by atoms with Crippen LogP contribution >= 0.6 is 22.6 Å². The van der Waals surface area contributed by atoms with Gasteiger partial charge in [0.2, 0.25) is 0 Å². The summed E-state index contributed by atoms with van der Waals surface area (Å²) in [5.74, 6) is 0.334. The molecule has 0 aliphatic rings. The lowest BCUT2D eigenvalue weighted by Crippen LogP contribution is -2.31. The number of pyridine rings is 1. The van der Waals surface area contributed by atoms with Gasteiger partial charge in [-0.15, -0.1) is 0 Å². The van der Waals surface area contributed by atoms with Crippen molar-refractivity contribution < 1.29 is 13.2 Å². The fourth-order valence-electron chi connectivity index (χ4n) is 1.81. The minimum atomic E-state index is -3.49. The van der Waals surface area contributed by atoms with Gasteiger partial charge < -0.3 is 4.74 Å². The number of hydrogen-bond acceptors (Lipinski definition) is 4. The van der Waals surface area contributed by atoms with Crippen molar-refractivity contribution in [1.29, 1.82) is 0 Å². The first kappa shape index (κ1) is 15.6. The zero-order valence-electron chi connectivity index (χ0n) is 11.8. The minimum absolute atomic E-state index is 0.204. The number of fused-ring (bicyclic) bond motifs is 1. The molecular weight excluding hydrogens is 391 g/mol. The molecule has 0 atom stereocenters. The Morgan fingerprint density at radius 1 is 1.45 bits per heavy atom. The lowest BCUT2D eigenvalue weighted by Gasteiger charge is -2.24. The molecule has 0 unspecified atom stereocenters. The SMILES string of the molecule is CCC(C)(C)S(=O)(=O)c1cn2c(I)cnc2cc1OC. The Morgan fingerprint density at radius 2 is 2.10 bits per heavy atom. The fourth-order valence-corrected chi connectivity index (χ4v) is 3.96. The number of rotatable bonds is 4. The van der Waals surface area contributed by atoms with E-state index in [4.69, 9.17) is 4.74 Å². The first-order valence-electron chi connectivity index (χ1n) is 6.20. The second-order valence-electron chi connectivity index (χ2n) is 5.13. The van der Waals surface area contributed by atoms with Crippen molar-refractivity contribution >= 4 is 38.1 Å². The van der Waals surface area contributed by atoms with Crippen LogP contribution in [0.25, 0.3) is 5.65 Å². The molecule has 0 saturated heterocycles. The highest BCUT2D eigenvalue weighted by Gasteiger charge is 2.36. The summed E-state index contributed by atoms with van der Waals surface area (Å²) < 4.78 is 32.7. The van der Waals surface area contributed by atoms with Gasteiger partial charge in [0.1, 0.15) is 20.0 Å². The average Bonchev–Trinajstić information content (AvgIpc) is 2.78. The lowest BCUT2D eigenvalue weighted by atomic mass is 10.1. The summed E-state index contributed by atoms with van der Waals surface area (Å²) in [6, 6.07) is 1.65. The van der Waals surface area contributed by atoms with Crippen molar-refractivity contribution in [3.8, 4) is 5.75 Å². The van der Waals surface area contributed by atoms with Gasteiger partial charge in [0, 0.05) is 12.3 Å². The van der Waals surface area contributed by atoms with E-state index in [-0.39, 0.29) is 4.90 Å². The summed E-state index contributed by atoms with van der Waals surface area (Å²) in [5, 5.41) is 0. The minimum Gasteiger partial charge on any atom is -0.495 e. The van der Waals surface area contributed by atoms with Gasteiger partial charge in [0.15, 0.2) is 9.84 Å².